The molecule has 0 atom stereocenters. The number of aromatic nitrogens is 2. The molecule has 0 unspecified atom stereocenters. The minimum absolute atomic E-state index is 0. The maximum atomic E-state index is 4.37. The molecule has 2 rings (SSSR count). The number of aryl methyl sites for hydroxylation is 2. The summed E-state index contributed by atoms with van der Waals surface area (Å²) in [5.74, 6) is 0.897. The van der Waals surface area contributed by atoms with Gasteiger partial charge in [0.25, 0.3) is 0 Å². The highest BCUT2D eigenvalue weighted by Gasteiger charge is 2.09. The van der Waals surface area contributed by atoms with Crippen molar-refractivity contribution in [1.29, 1.82) is 0 Å². The zero-order valence-corrected chi connectivity index (χ0v) is 18.5. The molecule has 2 aromatic rings. The number of nitrogens with zero attached hydrogens (tertiary/aromatic N) is 4. The lowest BCUT2D eigenvalue weighted by Crippen LogP contribution is -2.39. The van der Waals surface area contributed by atoms with Crippen LogP contribution in [0.1, 0.15) is 16.8 Å². The normalized spacial score (nSPS) is 11.1. The van der Waals surface area contributed by atoms with Crippen molar-refractivity contribution in [3.63, 3.8) is 0 Å². The minimum atomic E-state index is 0. The van der Waals surface area contributed by atoms with Crippen molar-refractivity contribution in [1.82, 2.24) is 19.8 Å². The summed E-state index contributed by atoms with van der Waals surface area (Å²) in [6.07, 6.45) is 6.77. The van der Waals surface area contributed by atoms with Gasteiger partial charge in [0.1, 0.15) is 0 Å². The Morgan fingerprint density at radius 2 is 2.21 bits per heavy atom. The summed E-state index contributed by atoms with van der Waals surface area (Å²) in [4.78, 5) is 10.6. The molecule has 0 aliphatic rings. The zero-order chi connectivity index (χ0) is 16.8. The molecule has 1 N–H and O–H groups in total. The Morgan fingerprint density at radius 3 is 2.79 bits per heavy atom. The van der Waals surface area contributed by atoms with E-state index in [2.05, 4.69) is 73.0 Å². The number of rotatable bonds is 5. The van der Waals surface area contributed by atoms with Gasteiger partial charge in [0.2, 0.25) is 0 Å². The van der Waals surface area contributed by atoms with Crippen molar-refractivity contribution >= 4 is 45.9 Å². The van der Waals surface area contributed by atoms with Gasteiger partial charge in [-0.15, -0.1) is 24.0 Å². The molecule has 0 fully saturated rings. The second-order valence-electron chi connectivity index (χ2n) is 5.64. The van der Waals surface area contributed by atoms with Gasteiger partial charge in [-0.05, 0) is 52.5 Å². The first kappa shape index (κ1) is 21.0. The van der Waals surface area contributed by atoms with Crippen LogP contribution in [0.5, 0.6) is 0 Å². The number of halogens is 2. The average Bonchev–Trinajstić information content (AvgIpc) is 2.83. The van der Waals surface area contributed by atoms with E-state index in [9.17, 15) is 0 Å². The molecule has 2 aromatic heterocycles. The zero-order valence-electron chi connectivity index (χ0n) is 14.6. The van der Waals surface area contributed by atoms with Crippen molar-refractivity contribution in [2.24, 2.45) is 12.0 Å². The largest absolute Gasteiger partial charge is 0.356 e. The number of hydrogen-bond donors (Lipinski definition) is 1. The Labute approximate surface area is 169 Å². The van der Waals surface area contributed by atoms with Crippen LogP contribution in [-0.4, -0.2) is 41.1 Å². The molecule has 0 aliphatic carbocycles. The summed E-state index contributed by atoms with van der Waals surface area (Å²) >= 11 is 3.51. The van der Waals surface area contributed by atoms with Crippen molar-refractivity contribution < 1.29 is 0 Å². The van der Waals surface area contributed by atoms with Crippen molar-refractivity contribution in [3.8, 4) is 0 Å². The number of hydrogen-bond acceptors (Lipinski definition) is 2. The summed E-state index contributed by atoms with van der Waals surface area (Å²) in [5, 5.41) is 3.43. The lowest BCUT2D eigenvalue weighted by molar-refractivity contribution is 0.462. The van der Waals surface area contributed by atoms with Crippen LogP contribution in [0.3, 0.4) is 0 Å². The van der Waals surface area contributed by atoms with E-state index in [0.717, 1.165) is 29.9 Å². The molecule has 0 amide bonds. The number of nitrogens with one attached hydrogen (secondary N) is 1. The average molecular weight is 506 g/mol. The topological polar surface area (TPSA) is 45.5 Å². The third-order valence-electron chi connectivity index (χ3n) is 3.86. The fraction of sp³-hybridized carbons (Fsp3) is 0.412. The van der Waals surface area contributed by atoms with E-state index in [1.165, 1.54) is 16.8 Å². The van der Waals surface area contributed by atoms with Gasteiger partial charge in [-0.3, -0.25) is 9.98 Å². The Bertz CT molecular complexity index is 683. The first-order valence-electron chi connectivity index (χ1n) is 7.63. The second kappa shape index (κ2) is 10.0. The molecule has 7 heteroatoms. The molecule has 0 spiro atoms. The van der Waals surface area contributed by atoms with Gasteiger partial charge in [-0.1, -0.05) is 0 Å². The molecular formula is C17H25BrIN5. The Hall–Kier alpha value is -1.09. The predicted molar refractivity (Wildman–Crippen MR) is 114 cm³/mol. The van der Waals surface area contributed by atoms with Crippen molar-refractivity contribution in [2.45, 2.75) is 19.9 Å². The maximum Gasteiger partial charge on any atom is 0.193 e. The molecule has 2 heterocycles. The number of guanidine groups is 1. The van der Waals surface area contributed by atoms with Crippen LogP contribution in [-0.2, 0) is 20.0 Å². The smallest absolute Gasteiger partial charge is 0.193 e. The molecule has 132 valence electrons. The Balaban J connectivity index is 0.00000288. The summed E-state index contributed by atoms with van der Waals surface area (Å²) in [6, 6.07) is 4.20. The van der Waals surface area contributed by atoms with Crippen molar-refractivity contribution in [2.75, 3.05) is 20.6 Å². The third-order valence-corrected chi connectivity index (χ3v) is 4.29. The SMILES string of the molecule is CN=C(NCCc1ccncc1C)N(C)Cc1cc(Br)cn1C.I. The summed E-state index contributed by atoms with van der Waals surface area (Å²) < 4.78 is 3.22. The predicted octanol–water partition coefficient (Wildman–Crippen LogP) is 3.36. The summed E-state index contributed by atoms with van der Waals surface area (Å²) in [6.45, 7) is 3.74. The van der Waals surface area contributed by atoms with Gasteiger partial charge in [0.05, 0.1) is 6.54 Å². The van der Waals surface area contributed by atoms with Crippen LogP contribution in [0.25, 0.3) is 0 Å². The van der Waals surface area contributed by atoms with Gasteiger partial charge in [-0.2, -0.15) is 0 Å². The maximum absolute atomic E-state index is 4.37. The lowest BCUT2D eigenvalue weighted by Gasteiger charge is -2.22. The molecule has 0 aromatic carbocycles. The van der Waals surface area contributed by atoms with Crippen LogP contribution >= 0.6 is 39.9 Å². The molecule has 0 radical (unpaired) electrons. The molecule has 0 saturated carbocycles. The van der Waals surface area contributed by atoms with E-state index in [0.29, 0.717) is 0 Å². The van der Waals surface area contributed by atoms with E-state index in [1.54, 1.807) is 0 Å². The molecule has 0 bridgehead atoms. The van der Waals surface area contributed by atoms with Gasteiger partial charge in [-0.25, -0.2) is 0 Å². The van der Waals surface area contributed by atoms with Crippen LogP contribution in [0.15, 0.2) is 40.2 Å². The van der Waals surface area contributed by atoms with E-state index in [4.69, 9.17) is 0 Å². The van der Waals surface area contributed by atoms with Gasteiger partial charge in [0, 0.05) is 56.4 Å². The van der Waals surface area contributed by atoms with Crippen LogP contribution in [0, 0.1) is 6.92 Å². The van der Waals surface area contributed by atoms with Gasteiger partial charge >= 0.3 is 0 Å². The standard InChI is InChI=1S/C17H24BrN5.HI/c1-13-10-20-7-5-14(13)6-8-21-17(19-2)23(4)12-16-9-15(18)11-22(16)3;/h5,7,9-11H,6,8,12H2,1-4H3,(H,19,21);1H. The molecule has 24 heavy (non-hydrogen) atoms. The van der Waals surface area contributed by atoms with Gasteiger partial charge in [0.15, 0.2) is 5.96 Å². The highest BCUT2D eigenvalue weighted by atomic mass is 127. The number of pyridine rings is 1. The van der Waals surface area contributed by atoms with Gasteiger partial charge < -0.3 is 14.8 Å². The first-order valence-corrected chi connectivity index (χ1v) is 8.42. The van der Waals surface area contributed by atoms with E-state index >= 15 is 0 Å². The quantitative estimate of drug-likeness (QED) is 0.385. The van der Waals surface area contributed by atoms with Crippen LogP contribution < -0.4 is 5.32 Å². The summed E-state index contributed by atoms with van der Waals surface area (Å²) in [7, 11) is 5.92. The molecule has 5 nitrogen and oxygen atoms in total. The Kier molecular flexibility index (Phi) is 8.75. The van der Waals surface area contributed by atoms with E-state index < -0.39 is 0 Å². The highest BCUT2D eigenvalue weighted by Crippen LogP contribution is 2.15. The third kappa shape index (κ3) is 5.77. The second-order valence-corrected chi connectivity index (χ2v) is 6.56. The molecule has 0 saturated heterocycles. The fourth-order valence-electron chi connectivity index (χ4n) is 2.52. The Morgan fingerprint density at radius 1 is 1.46 bits per heavy atom. The first-order chi connectivity index (χ1) is 11.0. The van der Waals surface area contributed by atoms with E-state index in [1.807, 2.05) is 26.5 Å². The van der Waals surface area contributed by atoms with Crippen molar-refractivity contribution in [3.05, 3.63) is 52.0 Å². The monoisotopic (exact) mass is 505 g/mol. The minimum Gasteiger partial charge on any atom is -0.356 e. The highest BCUT2D eigenvalue weighted by molar-refractivity contribution is 14.0. The van der Waals surface area contributed by atoms with Crippen LogP contribution in [0.4, 0.5) is 0 Å². The molecular weight excluding hydrogens is 481 g/mol. The number of aliphatic imine (C=N–C) groups is 1. The fourth-order valence-corrected chi connectivity index (χ4v) is 3.09. The molecule has 0 aliphatic heterocycles. The lowest BCUT2D eigenvalue weighted by atomic mass is 10.1. The van der Waals surface area contributed by atoms with E-state index in [-0.39, 0.29) is 24.0 Å². The summed E-state index contributed by atoms with van der Waals surface area (Å²) in [5.41, 5.74) is 3.77. The van der Waals surface area contributed by atoms with Crippen LogP contribution in [0.2, 0.25) is 0 Å².